The first kappa shape index (κ1) is 15.5. The van der Waals surface area contributed by atoms with Crippen LogP contribution >= 0.6 is 39.1 Å². The Morgan fingerprint density at radius 2 is 1.70 bits per heavy atom. The number of hydrogen-bond acceptors (Lipinski definition) is 1. The predicted octanol–water partition coefficient (Wildman–Crippen LogP) is 6.21. The van der Waals surface area contributed by atoms with Crippen LogP contribution in [0.1, 0.15) is 18.5 Å². The van der Waals surface area contributed by atoms with Crippen LogP contribution in [0.4, 0.5) is 14.5 Å². The molecule has 0 heterocycles. The topological polar surface area (TPSA) is 12.0 Å². The summed E-state index contributed by atoms with van der Waals surface area (Å²) in [5.74, 6) is -1.000. The van der Waals surface area contributed by atoms with Gasteiger partial charge in [-0.15, -0.1) is 0 Å². The second-order valence-corrected chi connectivity index (χ2v) is 6.02. The summed E-state index contributed by atoms with van der Waals surface area (Å²) in [6, 6.07) is 7.32. The molecule has 0 saturated carbocycles. The molecule has 0 spiro atoms. The number of hydrogen-bond donors (Lipinski definition) is 1. The highest BCUT2D eigenvalue weighted by Crippen LogP contribution is 2.30. The third-order valence-electron chi connectivity index (χ3n) is 2.80. The molecular weight excluding hydrogens is 371 g/mol. The Bertz CT molecular complexity index is 626. The summed E-state index contributed by atoms with van der Waals surface area (Å²) >= 11 is 14.6. The van der Waals surface area contributed by atoms with E-state index in [0.717, 1.165) is 0 Å². The van der Waals surface area contributed by atoms with E-state index in [2.05, 4.69) is 21.2 Å². The third-order valence-corrected chi connectivity index (χ3v) is 3.84. The van der Waals surface area contributed by atoms with Gasteiger partial charge in [-0.05, 0) is 31.2 Å². The average Bonchev–Trinajstić information content (AvgIpc) is 2.35. The summed E-state index contributed by atoms with van der Waals surface area (Å²) < 4.78 is 27.8. The van der Waals surface area contributed by atoms with Gasteiger partial charge in [-0.3, -0.25) is 0 Å². The summed E-state index contributed by atoms with van der Waals surface area (Å²) in [5, 5.41) is 2.88. The monoisotopic (exact) mass is 379 g/mol. The molecule has 2 rings (SSSR count). The van der Waals surface area contributed by atoms with Gasteiger partial charge < -0.3 is 5.32 Å². The summed E-state index contributed by atoms with van der Waals surface area (Å²) in [6.45, 7) is 1.79. The van der Waals surface area contributed by atoms with Gasteiger partial charge in [-0.2, -0.15) is 0 Å². The van der Waals surface area contributed by atoms with Crippen molar-refractivity contribution < 1.29 is 8.78 Å². The lowest BCUT2D eigenvalue weighted by molar-refractivity contribution is 0.599. The van der Waals surface area contributed by atoms with Gasteiger partial charge in [-0.25, -0.2) is 8.78 Å². The van der Waals surface area contributed by atoms with Crippen molar-refractivity contribution in [3.63, 3.8) is 0 Å². The van der Waals surface area contributed by atoms with Crippen molar-refractivity contribution in [1.82, 2.24) is 0 Å². The smallest absolute Gasteiger partial charge is 0.160 e. The summed E-state index contributed by atoms with van der Waals surface area (Å²) in [5.41, 5.74) is 1.01. The van der Waals surface area contributed by atoms with Crippen LogP contribution in [-0.2, 0) is 0 Å². The standard InChI is InChI=1S/C14H10BrCl2F2N/c1-7(10-3-2-8(15)4-13(10)18)20-9-5-11(16)14(19)12(17)6-9/h2-7,20H,1H3. The minimum Gasteiger partial charge on any atom is -0.378 e. The number of nitrogens with one attached hydrogen (secondary N) is 1. The summed E-state index contributed by atoms with van der Waals surface area (Å²) in [4.78, 5) is 0. The SMILES string of the molecule is CC(Nc1cc(Cl)c(F)c(Cl)c1)c1ccc(Br)cc1F. The Morgan fingerprint density at radius 3 is 2.25 bits per heavy atom. The molecule has 1 nitrogen and oxygen atoms in total. The van der Waals surface area contributed by atoms with Crippen molar-refractivity contribution in [3.8, 4) is 0 Å². The van der Waals surface area contributed by atoms with Gasteiger partial charge in [0.2, 0.25) is 0 Å². The average molecular weight is 381 g/mol. The van der Waals surface area contributed by atoms with Gasteiger partial charge in [-0.1, -0.05) is 45.2 Å². The molecule has 2 aromatic rings. The molecule has 1 N–H and O–H groups in total. The largest absolute Gasteiger partial charge is 0.378 e. The molecule has 0 amide bonds. The second kappa shape index (κ2) is 6.29. The van der Waals surface area contributed by atoms with Crippen molar-refractivity contribution in [3.05, 3.63) is 62.0 Å². The molecule has 0 radical (unpaired) electrons. The minimum absolute atomic E-state index is 0.0801. The predicted molar refractivity (Wildman–Crippen MR) is 82.6 cm³/mol. The molecule has 0 saturated heterocycles. The van der Waals surface area contributed by atoms with Crippen molar-refractivity contribution in [2.45, 2.75) is 13.0 Å². The Balaban J connectivity index is 2.25. The van der Waals surface area contributed by atoms with Gasteiger partial charge in [0.15, 0.2) is 5.82 Å². The zero-order valence-corrected chi connectivity index (χ0v) is 13.5. The highest BCUT2D eigenvalue weighted by molar-refractivity contribution is 9.10. The van der Waals surface area contributed by atoms with E-state index in [0.29, 0.717) is 15.7 Å². The van der Waals surface area contributed by atoms with Gasteiger partial charge in [0, 0.05) is 15.7 Å². The molecule has 0 fully saturated rings. The lowest BCUT2D eigenvalue weighted by Crippen LogP contribution is -2.08. The number of benzene rings is 2. The van der Waals surface area contributed by atoms with Crippen LogP contribution in [0.15, 0.2) is 34.8 Å². The Hall–Kier alpha value is -0.840. The number of anilines is 1. The quantitative estimate of drug-likeness (QED) is 0.624. The molecule has 1 unspecified atom stereocenters. The lowest BCUT2D eigenvalue weighted by atomic mass is 10.1. The highest BCUT2D eigenvalue weighted by atomic mass is 79.9. The molecule has 6 heteroatoms. The number of rotatable bonds is 3. The van der Waals surface area contributed by atoms with Crippen LogP contribution in [0, 0.1) is 11.6 Å². The molecule has 0 bridgehead atoms. The maximum atomic E-state index is 13.8. The van der Waals surface area contributed by atoms with Gasteiger partial charge in [0.1, 0.15) is 5.82 Å². The molecule has 0 aliphatic heterocycles. The van der Waals surface area contributed by atoms with Crippen LogP contribution in [0.3, 0.4) is 0 Å². The molecule has 0 aliphatic carbocycles. The van der Waals surface area contributed by atoms with E-state index in [4.69, 9.17) is 23.2 Å². The zero-order chi connectivity index (χ0) is 14.9. The first-order valence-corrected chi connectivity index (χ1v) is 7.29. The molecular formula is C14H10BrCl2F2N. The molecule has 1 atom stereocenters. The maximum absolute atomic E-state index is 13.8. The van der Waals surface area contributed by atoms with Gasteiger partial charge in [0.25, 0.3) is 0 Å². The summed E-state index contributed by atoms with van der Waals surface area (Å²) in [7, 11) is 0. The van der Waals surface area contributed by atoms with Crippen molar-refractivity contribution >= 4 is 44.8 Å². The van der Waals surface area contributed by atoms with E-state index in [1.807, 2.05) is 0 Å². The molecule has 106 valence electrons. The van der Waals surface area contributed by atoms with Gasteiger partial charge in [0.05, 0.1) is 16.1 Å². The van der Waals surface area contributed by atoms with Crippen LogP contribution in [0.2, 0.25) is 10.0 Å². The molecule has 2 aromatic carbocycles. The van der Waals surface area contributed by atoms with Crippen LogP contribution in [0.25, 0.3) is 0 Å². The maximum Gasteiger partial charge on any atom is 0.160 e. The molecule has 20 heavy (non-hydrogen) atoms. The van der Waals surface area contributed by atoms with Crippen molar-refractivity contribution in [2.24, 2.45) is 0 Å². The zero-order valence-electron chi connectivity index (χ0n) is 10.4. The van der Waals surface area contributed by atoms with Gasteiger partial charge >= 0.3 is 0 Å². The van der Waals surface area contributed by atoms with Crippen LogP contribution < -0.4 is 5.32 Å². The fraction of sp³-hybridized carbons (Fsp3) is 0.143. The first-order chi connectivity index (χ1) is 9.38. The Morgan fingerprint density at radius 1 is 1.10 bits per heavy atom. The summed E-state index contributed by atoms with van der Waals surface area (Å²) in [6.07, 6.45) is 0. The van der Waals surface area contributed by atoms with Crippen LogP contribution in [-0.4, -0.2) is 0 Å². The second-order valence-electron chi connectivity index (χ2n) is 4.29. The first-order valence-electron chi connectivity index (χ1n) is 5.74. The normalized spacial score (nSPS) is 12.3. The minimum atomic E-state index is -0.665. The van der Waals surface area contributed by atoms with Crippen molar-refractivity contribution in [2.75, 3.05) is 5.32 Å². The van der Waals surface area contributed by atoms with E-state index >= 15 is 0 Å². The van der Waals surface area contributed by atoms with E-state index in [1.54, 1.807) is 19.1 Å². The molecule has 0 aromatic heterocycles. The van der Waals surface area contributed by atoms with E-state index in [9.17, 15) is 8.78 Å². The molecule has 0 aliphatic rings. The van der Waals surface area contributed by atoms with E-state index < -0.39 is 5.82 Å². The number of halogens is 5. The van der Waals surface area contributed by atoms with Crippen LogP contribution in [0.5, 0.6) is 0 Å². The Labute approximate surface area is 134 Å². The Kier molecular flexibility index (Phi) is 4.89. The lowest BCUT2D eigenvalue weighted by Gasteiger charge is -2.17. The van der Waals surface area contributed by atoms with E-state index in [1.165, 1.54) is 18.2 Å². The van der Waals surface area contributed by atoms with Crippen molar-refractivity contribution in [1.29, 1.82) is 0 Å². The third kappa shape index (κ3) is 3.43. The fourth-order valence-corrected chi connectivity index (χ4v) is 2.64. The van der Waals surface area contributed by atoms with E-state index in [-0.39, 0.29) is 21.9 Å². The fourth-order valence-electron chi connectivity index (χ4n) is 1.82. The highest BCUT2D eigenvalue weighted by Gasteiger charge is 2.13.